The van der Waals surface area contributed by atoms with Gasteiger partial charge < -0.3 is 20.4 Å². The third-order valence-corrected chi connectivity index (χ3v) is 6.44. The third-order valence-electron chi connectivity index (χ3n) is 6.44. The summed E-state index contributed by atoms with van der Waals surface area (Å²) in [5.74, 6) is 1.66. The van der Waals surface area contributed by atoms with Gasteiger partial charge in [-0.25, -0.2) is 9.97 Å². The zero-order valence-electron chi connectivity index (χ0n) is 20.1. The Labute approximate surface area is 211 Å². The van der Waals surface area contributed by atoms with Gasteiger partial charge in [-0.15, -0.1) is 5.10 Å². The fourth-order valence-corrected chi connectivity index (χ4v) is 4.43. The molecule has 1 aromatic carbocycles. The third kappa shape index (κ3) is 4.27. The molecular formula is C26H23N9O2. The number of nitrogens with zero attached hydrogens (tertiary/aromatic N) is 5. The van der Waals surface area contributed by atoms with Crippen LogP contribution in [-0.2, 0) is 0 Å². The lowest BCUT2D eigenvalue weighted by Gasteiger charge is -2.25. The van der Waals surface area contributed by atoms with E-state index in [0.717, 1.165) is 27.9 Å². The number of carbonyl (C=O) groups is 1. The average molecular weight is 494 g/mol. The number of anilines is 2. The summed E-state index contributed by atoms with van der Waals surface area (Å²) < 4.78 is 5.16. The summed E-state index contributed by atoms with van der Waals surface area (Å²) in [6, 6.07) is 11.0. The van der Waals surface area contributed by atoms with Crippen molar-refractivity contribution < 1.29 is 9.53 Å². The minimum atomic E-state index is -0.318. The van der Waals surface area contributed by atoms with Crippen LogP contribution in [0.4, 0.5) is 11.5 Å². The number of hydrogen-bond acceptors (Lipinski definition) is 9. The molecule has 184 valence electrons. The summed E-state index contributed by atoms with van der Waals surface area (Å²) in [4.78, 5) is 25.2. The van der Waals surface area contributed by atoms with E-state index in [1.807, 2.05) is 36.6 Å². The van der Waals surface area contributed by atoms with Crippen molar-refractivity contribution in [1.29, 1.82) is 0 Å². The molecule has 0 radical (unpaired) electrons. The first-order valence-corrected chi connectivity index (χ1v) is 11.7. The van der Waals surface area contributed by atoms with Gasteiger partial charge in [0.25, 0.3) is 11.8 Å². The first-order valence-electron chi connectivity index (χ1n) is 11.7. The number of amides is 1. The Balaban J connectivity index is 1.23. The second-order valence-corrected chi connectivity index (χ2v) is 8.73. The molecule has 0 saturated carbocycles. The quantitative estimate of drug-likeness (QED) is 0.318. The Morgan fingerprint density at radius 3 is 2.92 bits per heavy atom. The Bertz CT molecular complexity index is 1600. The van der Waals surface area contributed by atoms with Crippen LogP contribution in [0.2, 0.25) is 0 Å². The molecule has 3 aromatic heterocycles. The van der Waals surface area contributed by atoms with Crippen molar-refractivity contribution >= 4 is 34.5 Å². The zero-order valence-corrected chi connectivity index (χ0v) is 20.1. The maximum absolute atomic E-state index is 12.8. The lowest BCUT2D eigenvalue weighted by molar-refractivity contribution is 0.102. The SMILES string of the molecule is COc1nnccc1NC(=O)c1cc2ccc(-c3nccc(NC4=CC=C5NN=CC5C4C)n3)cc2[nH]1. The van der Waals surface area contributed by atoms with Gasteiger partial charge in [-0.2, -0.15) is 10.2 Å². The maximum atomic E-state index is 12.8. The van der Waals surface area contributed by atoms with Crippen LogP contribution < -0.4 is 20.8 Å². The first-order chi connectivity index (χ1) is 18.1. The van der Waals surface area contributed by atoms with Crippen LogP contribution in [0.5, 0.6) is 5.88 Å². The van der Waals surface area contributed by atoms with E-state index in [-0.39, 0.29) is 23.6 Å². The molecule has 1 aliphatic carbocycles. The van der Waals surface area contributed by atoms with E-state index in [1.165, 1.54) is 13.3 Å². The van der Waals surface area contributed by atoms with E-state index in [1.54, 1.807) is 18.3 Å². The molecule has 1 amide bonds. The fraction of sp³-hybridized carbons (Fsp3) is 0.154. The topological polar surface area (TPSA) is 142 Å². The van der Waals surface area contributed by atoms with Crippen LogP contribution in [0.1, 0.15) is 17.4 Å². The van der Waals surface area contributed by atoms with Gasteiger partial charge in [0.1, 0.15) is 17.2 Å². The van der Waals surface area contributed by atoms with E-state index >= 15 is 0 Å². The van der Waals surface area contributed by atoms with Gasteiger partial charge in [-0.3, -0.25) is 10.2 Å². The number of fused-ring (bicyclic) bond motifs is 2. The number of aromatic nitrogens is 5. The van der Waals surface area contributed by atoms with Gasteiger partial charge in [-0.05, 0) is 36.4 Å². The highest BCUT2D eigenvalue weighted by atomic mass is 16.5. The summed E-state index contributed by atoms with van der Waals surface area (Å²) in [5, 5.41) is 18.9. The van der Waals surface area contributed by atoms with Crippen LogP contribution in [0.15, 0.2) is 77.4 Å². The molecule has 0 saturated heterocycles. The number of hydrazone groups is 1. The molecular weight excluding hydrogens is 470 g/mol. The van der Waals surface area contributed by atoms with Gasteiger partial charge in [-0.1, -0.05) is 19.1 Å². The highest BCUT2D eigenvalue weighted by Crippen LogP contribution is 2.32. The molecule has 0 bridgehead atoms. The van der Waals surface area contributed by atoms with E-state index in [2.05, 4.69) is 54.3 Å². The van der Waals surface area contributed by atoms with Crippen LogP contribution in [0.25, 0.3) is 22.3 Å². The second-order valence-electron chi connectivity index (χ2n) is 8.73. The average Bonchev–Trinajstić information content (AvgIpc) is 3.58. The number of rotatable bonds is 6. The number of carbonyl (C=O) groups excluding carboxylic acids is 1. The Morgan fingerprint density at radius 2 is 2.03 bits per heavy atom. The van der Waals surface area contributed by atoms with Crippen molar-refractivity contribution in [3.63, 3.8) is 0 Å². The van der Waals surface area contributed by atoms with Gasteiger partial charge in [0.2, 0.25) is 0 Å². The van der Waals surface area contributed by atoms with Crippen LogP contribution in [-0.4, -0.2) is 44.4 Å². The first kappa shape index (κ1) is 22.4. The number of aromatic amines is 1. The molecule has 0 fully saturated rings. The van der Waals surface area contributed by atoms with E-state index in [9.17, 15) is 4.79 Å². The minimum Gasteiger partial charge on any atom is -0.478 e. The maximum Gasteiger partial charge on any atom is 0.272 e. The zero-order chi connectivity index (χ0) is 25.4. The number of hydrogen-bond donors (Lipinski definition) is 4. The number of methoxy groups -OCH3 is 1. The van der Waals surface area contributed by atoms with E-state index < -0.39 is 0 Å². The summed E-state index contributed by atoms with van der Waals surface area (Å²) in [5.41, 5.74) is 7.65. The Morgan fingerprint density at radius 1 is 1.11 bits per heavy atom. The molecule has 1 aliphatic heterocycles. The van der Waals surface area contributed by atoms with Gasteiger partial charge in [0.05, 0.1) is 13.3 Å². The number of allylic oxidation sites excluding steroid dienone is 4. The highest BCUT2D eigenvalue weighted by molar-refractivity contribution is 6.06. The number of nitrogens with one attached hydrogen (secondary N) is 4. The van der Waals surface area contributed by atoms with Gasteiger partial charge >= 0.3 is 0 Å². The number of H-pyrrole nitrogens is 1. The van der Waals surface area contributed by atoms with Crippen LogP contribution in [0, 0.1) is 11.8 Å². The predicted molar refractivity (Wildman–Crippen MR) is 140 cm³/mol. The van der Waals surface area contributed by atoms with Crippen molar-refractivity contribution in [2.45, 2.75) is 6.92 Å². The molecule has 4 N–H and O–H groups in total. The van der Waals surface area contributed by atoms with Crippen molar-refractivity contribution in [2.24, 2.45) is 16.9 Å². The van der Waals surface area contributed by atoms with Crippen LogP contribution in [0.3, 0.4) is 0 Å². The highest BCUT2D eigenvalue weighted by Gasteiger charge is 2.29. The summed E-state index contributed by atoms with van der Waals surface area (Å²) in [7, 11) is 1.47. The smallest absolute Gasteiger partial charge is 0.272 e. The minimum absolute atomic E-state index is 0.228. The number of ether oxygens (including phenoxy) is 1. The largest absolute Gasteiger partial charge is 0.478 e. The van der Waals surface area contributed by atoms with Crippen molar-refractivity contribution in [2.75, 3.05) is 17.7 Å². The van der Waals surface area contributed by atoms with Gasteiger partial charge in [0.15, 0.2) is 5.82 Å². The molecule has 2 unspecified atom stereocenters. The summed E-state index contributed by atoms with van der Waals surface area (Å²) >= 11 is 0. The molecule has 2 atom stereocenters. The Kier molecular flexibility index (Phi) is 5.56. The van der Waals surface area contributed by atoms with Crippen molar-refractivity contribution in [1.82, 2.24) is 30.6 Å². The second kappa shape index (κ2) is 9.19. The standard InChI is InChI=1S/C26H23N9O2/c1-14-17-13-29-34-19(17)6-5-18(14)31-23-8-9-27-24(33-23)16-4-3-15-11-22(30-21(15)12-16)25(36)32-20-7-10-28-35-26(20)37-2/h3-14,17,30,34H,1-2H3,(H,27,31,33)(H,28,32,36). The van der Waals surface area contributed by atoms with Crippen LogP contribution >= 0.6 is 0 Å². The number of benzene rings is 1. The lowest BCUT2D eigenvalue weighted by Crippen LogP contribution is -2.24. The molecule has 2 aliphatic rings. The molecule has 11 heteroatoms. The molecule has 37 heavy (non-hydrogen) atoms. The van der Waals surface area contributed by atoms with Crippen molar-refractivity contribution in [3.8, 4) is 17.3 Å². The molecule has 4 heterocycles. The molecule has 6 rings (SSSR count). The van der Waals surface area contributed by atoms with E-state index in [0.29, 0.717) is 23.0 Å². The monoisotopic (exact) mass is 493 g/mol. The van der Waals surface area contributed by atoms with Gasteiger partial charge in [0, 0.05) is 52.1 Å². The summed E-state index contributed by atoms with van der Waals surface area (Å²) in [6.07, 6.45) is 9.23. The lowest BCUT2D eigenvalue weighted by atomic mass is 9.86. The van der Waals surface area contributed by atoms with E-state index in [4.69, 9.17) is 9.72 Å². The fourth-order valence-electron chi connectivity index (χ4n) is 4.43. The normalized spacial score (nSPS) is 18.0. The molecule has 11 nitrogen and oxygen atoms in total. The summed E-state index contributed by atoms with van der Waals surface area (Å²) in [6.45, 7) is 2.16. The predicted octanol–water partition coefficient (Wildman–Crippen LogP) is 3.71. The molecule has 0 spiro atoms. The molecule has 4 aromatic rings. The Hall–Kier alpha value is -5.06. The van der Waals surface area contributed by atoms with Crippen molar-refractivity contribution in [3.05, 3.63) is 78.0 Å².